The summed E-state index contributed by atoms with van der Waals surface area (Å²) in [5, 5.41) is 11.8. The van der Waals surface area contributed by atoms with Crippen molar-refractivity contribution in [1.29, 1.82) is 5.26 Å². The lowest BCUT2D eigenvalue weighted by Gasteiger charge is -2.16. The number of nitriles is 1. The second-order valence-electron chi connectivity index (χ2n) is 3.61. The van der Waals surface area contributed by atoms with Crippen molar-refractivity contribution in [3.05, 3.63) is 24.2 Å². The minimum Gasteiger partial charge on any atom is -0.469 e. The molecule has 76 valence electrons. The SMILES string of the molecule is CC(CC#N)NC(C)Cc1ccco1. The van der Waals surface area contributed by atoms with Gasteiger partial charge in [-0.25, -0.2) is 0 Å². The second-order valence-corrected chi connectivity index (χ2v) is 3.61. The molecule has 1 rings (SSSR count). The van der Waals surface area contributed by atoms with Gasteiger partial charge in [-0.15, -0.1) is 0 Å². The third kappa shape index (κ3) is 3.63. The van der Waals surface area contributed by atoms with Crippen molar-refractivity contribution in [1.82, 2.24) is 5.32 Å². The monoisotopic (exact) mass is 192 g/mol. The first-order valence-corrected chi connectivity index (χ1v) is 4.87. The molecule has 0 aliphatic carbocycles. The summed E-state index contributed by atoms with van der Waals surface area (Å²) in [4.78, 5) is 0. The maximum absolute atomic E-state index is 8.50. The number of rotatable bonds is 5. The van der Waals surface area contributed by atoms with Gasteiger partial charge in [0.1, 0.15) is 5.76 Å². The van der Waals surface area contributed by atoms with Crippen molar-refractivity contribution in [3.63, 3.8) is 0 Å². The zero-order valence-electron chi connectivity index (χ0n) is 8.66. The van der Waals surface area contributed by atoms with Crippen molar-refractivity contribution < 1.29 is 4.42 Å². The molecule has 2 unspecified atom stereocenters. The summed E-state index contributed by atoms with van der Waals surface area (Å²) < 4.78 is 5.24. The van der Waals surface area contributed by atoms with Gasteiger partial charge in [0.15, 0.2) is 0 Å². The quantitative estimate of drug-likeness (QED) is 0.777. The van der Waals surface area contributed by atoms with Crippen molar-refractivity contribution in [2.45, 2.75) is 38.8 Å². The van der Waals surface area contributed by atoms with E-state index >= 15 is 0 Å². The fourth-order valence-corrected chi connectivity index (χ4v) is 1.47. The molecule has 14 heavy (non-hydrogen) atoms. The highest BCUT2D eigenvalue weighted by Crippen LogP contribution is 2.04. The van der Waals surface area contributed by atoms with Crippen LogP contribution >= 0.6 is 0 Å². The summed E-state index contributed by atoms with van der Waals surface area (Å²) >= 11 is 0. The second kappa shape index (κ2) is 5.46. The lowest BCUT2D eigenvalue weighted by Crippen LogP contribution is -2.35. The van der Waals surface area contributed by atoms with E-state index in [1.807, 2.05) is 19.1 Å². The van der Waals surface area contributed by atoms with Crippen LogP contribution in [0.2, 0.25) is 0 Å². The first-order chi connectivity index (χ1) is 6.72. The average molecular weight is 192 g/mol. The van der Waals surface area contributed by atoms with Crippen LogP contribution in [0, 0.1) is 11.3 Å². The van der Waals surface area contributed by atoms with Crippen molar-refractivity contribution >= 4 is 0 Å². The zero-order valence-corrected chi connectivity index (χ0v) is 8.66. The Balaban J connectivity index is 2.29. The third-order valence-corrected chi connectivity index (χ3v) is 2.05. The first-order valence-electron chi connectivity index (χ1n) is 4.87. The highest BCUT2D eigenvalue weighted by atomic mass is 16.3. The van der Waals surface area contributed by atoms with Gasteiger partial charge in [-0.3, -0.25) is 0 Å². The molecule has 1 heterocycles. The van der Waals surface area contributed by atoms with E-state index in [4.69, 9.17) is 9.68 Å². The van der Waals surface area contributed by atoms with Crippen LogP contribution in [-0.2, 0) is 6.42 Å². The molecule has 0 amide bonds. The Morgan fingerprint density at radius 2 is 2.29 bits per heavy atom. The topological polar surface area (TPSA) is 49.0 Å². The number of nitrogens with zero attached hydrogens (tertiary/aromatic N) is 1. The number of nitrogens with one attached hydrogen (secondary N) is 1. The van der Waals surface area contributed by atoms with Crippen LogP contribution in [0.5, 0.6) is 0 Å². The van der Waals surface area contributed by atoms with Gasteiger partial charge < -0.3 is 9.73 Å². The number of furan rings is 1. The summed E-state index contributed by atoms with van der Waals surface area (Å²) in [6.45, 7) is 4.11. The van der Waals surface area contributed by atoms with Crippen molar-refractivity contribution in [2.24, 2.45) is 0 Å². The molecule has 0 radical (unpaired) electrons. The lowest BCUT2D eigenvalue weighted by atomic mass is 10.1. The minimum atomic E-state index is 0.241. The van der Waals surface area contributed by atoms with Gasteiger partial charge in [-0.05, 0) is 26.0 Å². The number of hydrogen-bond donors (Lipinski definition) is 1. The van der Waals surface area contributed by atoms with Crippen LogP contribution < -0.4 is 5.32 Å². The maximum atomic E-state index is 8.50. The van der Waals surface area contributed by atoms with Crippen molar-refractivity contribution in [2.75, 3.05) is 0 Å². The first kappa shape index (κ1) is 10.8. The predicted molar refractivity (Wildman–Crippen MR) is 54.7 cm³/mol. The molecule has 2 atom stereocenters. The Morgan fingerprint density at radius 3 is 2.86 bits per heavy atom. The summed E-state index contributed by atoms with van der Waals surface area (Å²) in [5.74, 6) is 0.981. The van der Waals surface area contributed by atoms with Crippen LogP contribution in [0.3, 0.4) is 0 Å². The Bertz CT molecular complexity index is 287. The fourth-order valence-electron chi connectivity index (χ4n) is 1.47. The van der Waals surface area contributed by atoms with E-state index in [2.05, 4.69) is 18.3 Å². The van der Waals surface area contributed by atoms with E-state index < -0.39 is 0 Å². The Labute approximate surface area is 84.7 Å². The average Bonchev–Trinajstić information content (AvgIpc) is 2.56. The maximum Gasteiger partial charge on any atom is 0.105 e. The summed E-state index contributed by atoms with van der Waals surface area (Å²) in [5.41, 5.74) is 0. The van der Waals surface area contributed by atoms with Gasteiger partial charge in [0.05, 0.1) is 18.8 Å². The summed E-state index contributed by atoms with van der Waals surface area (Å²) in [7, 11) is 0. The van der Waals surface area contributed by atoms with E-state index in [-0.39, 0.29) is 6.04 Å². The molecule has 1 aromatic heterocycles. The molecule has 0 aromatic carbocycles. The van der Waals surface area contributed by atoms with Gasteiger partial charge in [0.2, 0.25) is 0 Å². The van der Waals surface area contributed by atoms with E-state index in [9.17, 15) is 0 Å². The normalized spacial score (nSPS) is 14.6. The number of hydrogen-bond acceptors (Lipinski definition) is 3. The van der Waals surface area contributed by atoms with Gasteiger partial charge in [-0.2, -0.15) is 5.26 Å². The zero-order chi connectivity index (χ0) is 10.4. The summed E-state index contributed by atoms with van der Waals surface area (Å²) in [6.07, 6.45) is 3.09. The predicted octanol–water partition coefficient (Wildman–Crippen LogP) is 2.10. The minimum absolute atomic E-state index is 0.241. The van der Waals surface area contributed by atoms with Crippen LogP contribution in [0.4, 0.5) is 0 Å². The Morgan fingerprint density at radius 1 is 1.50 bits per heavy atom. The largest absolute Gasteiger partial charge is 0.469 e. The molecule has 0 aliphatic heterocycles. The van der Waals surface area contributed by atoms with E-state index in [1.165, 1.54) is 0 Å². The van der Waals surface area contributed by atoms with E-state index in [1.54, 1.807) is 6.26 Å². The van der Waals surface area contributed by atoms with Gasteiger partial charge in [0, 0.05) is 18.5 Å². The van der Waals surface area contributed by atoms with E-state index in [0.29, 0.717) is 12.5 Å². The molecule has 3 nitrogen and oxygen atoms in total. The standard InChI is InChI=1S/C11H16N2O/c1-9(5-6-12)13-10(2)8-11-4-3-7-14-11/h3-4,7,9-10,13H,5,8H2,1-2H3. The molecule has 0 fully saturated rings. The summed E-state index contributed by atoms with van der Waals surface area (Å²) in [6, 6.07) is 6.58. The lowest BCUT2D eigenvalue weighted by molar-refractivity contribution is 0.425. The van der Waals surface area contributed by atoms with Crippen LogP contribution in [0.15, 0.2) is 22.8 Å². The van der Waals surface area contributed by atoms with Crippen molar-refractivity contribution in [3.8, 4) is 6.07 Å². The molecule has 3 heteroatoms. The highest BCUT2D eigenvalue weighted by molar-refractivity contribution is 5.00. The van der Waals surface area contributed by atoms with Gasteiger partial charge in [0.25, 0.3) is 0 Å². The molecular formula is C11H16N2O. The Hall–Kier alpha value is -1.27. The fraction of sp³-hybridized carbons (Fsp3) is 0.545. The molecule has 0 saturated heterocycles. The highest BCUT2D eigenvalue weighted by Gasteiger charge is 2.08. The molecule has 0 bridgehead atoms. The third-order valence-electron chi connectivity index (χ3n) is 2.05. The molecule has 0 saturated carbocycles. The molecule has 0 aliphatic rings. The molecule has 1 aromatic rings. The smallest absolute Gasteiger partial charge is 0.105 e. The van der Waals surface area contributed by atoms with Gasteiger partial charge in [-0.1, -0.05) is 0 Å². The van der Waals surface area contributed by atoms with Gasteiger partial charge >= 0.3 is 0 Å². The molecular weight excluding hydrogens is 176 g/mol. The molecule has 1 N–H and O–H groups in total. The Kier molecular flexibility index (Phi) is 4.21. The molecule has 0 spiro atoms. The van der Waals surface area contributed by atoms with Crippen LogP contribution in [-0.4, -0.2) is 12.1 Å². The van der Waals surface area contributed by atoms with Crippen LogP contribution in [0.1, 0.15) is 26.0 Å². The van der Waals surface area contributed by atoms with Crippen LogP contribution in [0.25, 0.3) is 0 Å². The van der Waals surface area contributed by atoms with E-state index in [0.717, 1.165) is 12.2 Å².